The van der Waals surface area contributed by atoms with Crippen LogP contribution in [0.1, 0.15) is 35.9 Å². The maximum atomic E-state index is 12.7. The molecule has 0 unspecified atom stereocenters. The Kier molecular flexibility index (Phi) is 7.07. The van der Waals surface area contributed by atoms with E-state index in [1.165, 1.54) is 12.1 Å². The number of hydrogen-bond donors (Lipinski definition) is 2. The minimum Gasteiger partial charge on any atom is -0.489 e. The summed E-state index contributed by atoms with van der Waals surface area (Å²) in [4.78, 5) is 6.29. The molecule has 0 aliphatic carbocycles. The van der Waals surface area contributed by atoms with E-state index in [4.69, 9.17) is 20.4 Å². The molecule has 0 saturated carbocycles. The fourth-order valence-corrected chi connectivity index (χ4v) is 4.21. The number of benzene rings is 3. The van der Waals surface area contributed by atoms with Gasteiger partial charge in [-0.25, -0.2) is 0 Å². The highest BCUT2D eigenvalue weighted by molar-refractivity contribution is 5.87. The van der Waals surface area contributed by atoms with E-state index in [-0.39, 0.29) is 31.0 Å². The molecule has 1 aliphatic rings. The van der Waals surface area contributed by atoms with Crippen molar-refractivity contribution in [3.8, 4) is 17.1 Å². The van der Waals surface area contributed by atoms with Gasteiger partial charge in [-0.1, -0.05) is 35.5 Å². The van der Waals surface area contributed by atoms with Crippen LogP contribution in [0.2, 0.25) is 0 Å². The lowest BCUT2D eigenvalue weighted by Crippen LogP contribution is -2.35. The molecule has 2 heterocycles. The van der Waals surface area contributed by atoms with E-state index in [1.807, 2.05) is 30.3 Å². The van der Waals surface area contributed by atoms with Crippen molar-refractivity contribution in [2.75, 3.05) is 6.54 Å². The second-order valence-corrected chi connectivity index (χ2v) is 8.40. The Bertz CT molecular complexity index is 1370. The zero-order chi connectivity index (χ0) is 24.6. The molecule has 5 rings (SSSR count). The molecule has 36 heavy (non-hydrogen) atoms. The van der Waals surface area contributed by atoms with Gasteiger partial charge >= 0.3 is 6.18 Å². The first-order chi connectivity index (χ1) is 16.8. The van der Waals surface area contributed by atoms with Crippen molar-refractivity contribution >= 4 is 29.1 Å². The molecule has 3 aromatic carbocycles. The van der Waals surface area contributed by atoms with Gasteiger partial charge in [0, 0.05) is 12.1 Å². The highest BCUT2D eigenvalue weighted by atomic mass is 35.5. The molecule has 11 heteroatoms. The summed E-state index contributed by atoms with van der Waals surface area (Å²) in [6.07, 6.45) is -2.65. The maximum absolute atomic E-state index is 12.7. The van der Waals surface area contributed by atoms with Gasteiger partial charge in [-0.15, -0.1) is 12.4 Å². The normalized spacial score (nSPS) is 15.6. The molecule has 0 bridgehead atoms. The molecule has 0 amide bonds. The molecule has 188 valence electrons. The second-order valence-electron chi connectivity index (χ2n) is 8.40. The predicted octanol–water partition coefficient (Wildman–Crippen LogP) is 5.94. The van der Waals surface area contributed by atoms with Gasteiger partial charge in [-0.3, -0.25) is 5.41 Å². The van der Waals surface area contributed by atoms with E-state index in [0.717, 1.165) is 41.3 Å². The number of nitrogens with two attached hydrogens (primary N) is 1. The van der Waals surface area contributed by atoms with Crippen LogP contribution in [0.3, 0.4) is 0 Å². The van der Waals surface area contributed by atoms with Crippen LogP contribution < -0.4 is 10.5 Å². The Hall–Kier alpha value is -3.79. The van der Waals surface area contributed by atoms with Crippen LogP contribution >= 0.6 is 12.4 Å². The highest BCUT2D eigenvalue weighted by Gasteiger charge is 2.32. The molecule has 1 fully saturated rings. The number of fused-ring (bicyclic) bond motifs is 1. The number of aromatic nitrogens is 2. The summed E-state index contributed by atoms with van der Waals surface area (Å²) >= 11 is 0. The maximum Gasteiger partial charge on any atom is 0.416 e. The first-order valence-corrected chi connectivity index (χ1v) is 11.1. The third-order valence-corrected chi connectivity index (χ3v) is 6.05. The van der Waals surface area contributed by atoms with Crippen LogP contribution in [0.25, 0.3) is 22.2 Å². The van der Waals surface area contributed by atoms with Crippen LogP contribution in [0.4, 0.5) is 13.2 Å². The molecule has 1 saturated heterocycles. The van der Waals surface area contributed by atoms with Gasteiger partial charge in [0.25, 0.3) is 0 Å². The van der Waals surface area contributed by atoms with Gasteiger partial charge in [0.15, 0.2) is 5.96 Å². The largest absolute Gasteiger partial charge is 0.489 e. The smallest absolute Gasteiger partial charge is 0.416 e. The summed E-state index contributed by atoms with van der Waals surface area (Å²) < 4.78 is 49.4. The summed E-state index contributed by atoms with van der Waals surface area (Å²) in [5, 5.41) is 13.7. The summed E-state index contributed by atoms with van der Waals surface area (Å²) in [7, 11) is 0. The SMILES string of the molecule is Cl.N=C(N)N1CCC[C@H]1c1nc(-c2ccc3cc(OCc4ccc(C(F)(F)F)cc4)ccc3c2)no1. The Balaban J connectivity index is 0.00000304. The van der Waals surface area contributed by atoms with Gasteiger partial charge in [0.2, 0.25) is 11.7 Å². The Morgan fingerprint density at radius 1 is 1.08 bits per heavy atom. The summed E-state index contributed by atoms with van der Waals surface area (Å²) in [6.45, 7) is 0.850. The fourth-order valence-electron chi connectivity index (χ4n) is 4.21. The third-order valence-electron chi connectivity index (χ3n) is 6.05. The first kappa shape index (κ1) is 25.3. The fraction of sp³-hybridized carbons (Fsp3) is 0.240. The van der Waals surface area contributed by atoms with Crippen molar-refractivity contribution in [2.45, 2.75) is 31.7 Å². The molecule has 0 spiro atoms. The van der Waals surface area contributed by atoms with Crippen LogP contribution in [0.15, 0.2) is 65.2 Å². The van der Waals surface area contributed by atoms with Gasteiger partial charge < -0.3 is 19.9 Å². The van der Waals surface area contributed by atoms with Crippen molar-refractivity contribution in [3.63, 3.8) is 0 Å². The molecule has 7 nitrogen and oxygen atoms in total. The number of rotatable bonds is 5. The summed E-state index contributed by atoms with van der Waals surface area (Å²) in [6, 6.07) is 16.1. The zero-order valence-corrected chi connectivity index (χ0v) is 19.8. The monoisotopic (exact) mass is 517 g/mol. The van der Waals surface area contributed by atoms with E-state index < -0.39 is 11.7 Å². The van der Waals surface area contributed by atoms with Gasteiger partial charge in [0.05, 0.1) is 5.56 Å². The Labute approximate surface area is 211 Å². The van der Waals surface area contributed by atoms with Crippen molar-refractivity contribution in [2.24, 2.45) is 5.73 Å². The van der Waals surface area contributed by atoms with Crippen molar-refractivity contribution < 1.29 is 22.4 Å². The predicted molar refractivity (Wildman–Crippen MR) is 131 cm³/mol. The molecule has 0 radical (unpaired) electrons. The van der Waals surface area contributed by atoms with E-state index in [9.17, 15) is 13.2 Å². The summed E-state index contributed by atoms with van der Waals surface area (Å²) in [5.74, 6) is 1.51. The molecule has 1 aliphatic heterocycles. The van der Waals surface area contributed by atoms with Crippen LogP contribution in [0, 0.1) is 5.41 Å². The van der Waals surface area contributed by atoms with Crippen molar-refractivity contribution in [1.29, 1.82) is 5.41 Å². The van der Waals surface area contributed by atoms with E-state index in [1.54, 1.807) is 11.0 Å². The number of guanidine groups is 1. The lowest BCUT2D eigenvalue weighted by Gasteiger charge is -2.21. The molecule has 4 aromatic rings. The van der Waals surface area contributed by atoms with E-state index in [0.29, 0.717) is 29.6 Å². The third kappa shape index (κ3) is 5.23. The van der Waals surface area contributed by atoms with Gasteiger partial charge in [-0.2, -0.15) is 18.2 Å². The van der Waals surface area contributed by atoms with Gasteiger partial charge in [0.1, 0.15) is 18.4 Å². The lowest BCUT2D eigenvalue weighted by atomic mass is 10.1. The Morgan fingerprint density at radius 3 is 2.53 bits per heavy atom. The molecular formula is C25H23ClF3N5O2. The first-order valence-electron chi connectivity index (χ1n) is 11.1. The number of likely N-dealkylation sites (tertiary alicyclic amines) is 1. The van der Waals surface area contributed by atoms with E-state index in [2.05, 4.69) is 10.1 Å². The molecule has 1 atom stereocenters. The average Bonchev–Trinajstić information content (AvgIpc) is 3.52. The number of nitrogens with one attached hydrogen (secondary N) is 1. The minimum atomic E-state index is -4.36. The van der Waals surface area contributed by atoms with Gasteiger partial charge in [-0.05, 0) is 59.5 Å². The van der Waals surface area contributed by atoms with Crippen molar-refractivity contribution in [3.05, 3.63) is 77.7 Å². The topological polar surface area (TPSA) is 101 Å². The number of ether oxygens (including phenoxy) is 1. The summed E-state index contributed by atoms with van der Waals surface area (Å²) in [5.41, 5.74) is 6.41. The minimum absolute atomic E-state index is 0. The number of nitrogens with zero attached hydrogens (tertiary/aromatic N) is 3. The van der Waals surface area contributed by atoms with Crippen LogP contribution in [-0.2, 0) is 12.8 Å². The molecule has 3 N–H and O–H groups in total. The number of halogens is 4. The second kappa shape index (κ2) is 10.1. The van der Waals surface area contributed by atoms with E-state index >= 15 is 0 Å². The number of hydrogen-bond acceptors (Lipinski definition) is 5. The van der Waals surface area contributed by atoms with Crippen LogP contribution in [-0.4, -0.2) is 27.5 Å². The zero-order valence-electron chi connectivity index (χ0n) is 19.0. The Morgan fingerprint density at radius 2 is 1.81 bits per heavy atom. The molecule has 1 aromatic heterocycles. The van der Waals surface area contributed by atoms with Crippen LogP contribution in [0.5, 0.6) is 5.75 Å². The standard InChI is InChI=1S/C25H22F3N5O2.ClH/c26-25(27,28)19-8-3-15(4-9-19)14-34-20-10-7-16-12-18(6-5-17(16)13-20)22-31-23(35-32-22)21-2-1-11-33(21)24(29)30;/h3-10,12-13,21H,1-2,11,14H2,(H3,29,30);1H/t21-;/m0./s1. The molecular weight excluding hydrogens is 495 g/mol. The van der Waals surface area contributed by atoms with Crippen molar-refractivity contribution in [1.82, 2.24) is 15.0 Å². The lowest BCUT2D eigenvalue weighted by molar-refractivity contribution is -0.137. The average molecular weight is 518 g/mol. The highest BCUT2D eigenvalue weighted by Crippen LogP contribution is 2.33. The number of alkyl halides is 3. The quantitative estimate of drug-likeness (QED) is 0.251.